The summed E-state index contributed by atoms with van der Waals surface area (Å²) in [6.45, 7) is 1.10. The standard InChI is InChI=1S/C19H19N3O2S2/c23-18(21-9-6-15-3-1-11-25-15)14-5-8-20-17(13-14)19(24)22-10-7-16-4-2-12-26-16/h1-5,8,11-13H,6-7,9-10H2,(H,21,23)(H,22,24). The first-order chi connectivity index (χ1) is 12.7. The van der Waals surface area contributed by atoms with Gasteiger partial charge in [-0.2, -0.15) is 0 Å². The number of hydrogen-bond acceptors (Lipinski definition) is 5. The van der Waals surface area contributed by atoms with E-state index < -0.39 is 0 Å². The van der Waals surface area contributed by atoms with Crippen LogP contribution in [0.5, 0.6) is 0 Å². The molecule has 2 N–H and O–H groups in total. The fraction of sp³-hybridized carbons (Fsp3) is 0.211. The van der Waals surface area contributed by atoms with Gasteiger partial charge in [0.1, 0.15) is 5.69 Å². The van der Waals surface area contributed by atoms with E-state index in [9.17, 15) is 9.59 Å². The zero-order valence-electron chi connectivity index (χ0n) is 14.1. The van der Waals surface area contributed by atoms with Crippen molar-refractivity contribution >= 4 is 34.5 Å². The Kier molecular flexibility index (Phi) is 6.51. The molecule has 0 aliphatic heterocycles. The first-order valence-electron chi connectivity index (χ1n) is 8.29. The van der Waals surface area contributed by atoms with E-state index >= 15 is 0 Å². The van der Waals surface area contributed by atoms with Crippen LogP contribution in [0.2, 0.25) is 0 Å². The van der Waals surface area contributed by atoms with E-state index in [1.807, 2.05) is 35.0 Å². The maximum atomic E-state index is 12.3. The van der Waals surface area contributed by atoms with Gasteiger partial charge in [-0.1, -0.05) is 12.1 Å². The van der Waals surface area contributed by atoms with Crippen molar-refractivity contribution in [3.8, 4) is 0 Å². The molecule has 0 unspecified atom stereocenters. The highest BCUT2D eigenvalue weighted by Crippen LogP contribution is 2.09. The van der Waals surface area contributed by atoms with Crippen LogP contribution in [-0.2, 0) is 12.8 Å². The number of rotatable bonds is 8. The van der Waals surface area contributed by atoms with E-state index in [1.165, 1.54) is 22.0 Å². The molecule has 0 saturated carbocycles. The molecule has 3 heterocycles. The minimum absolute atomic E-state index is 0.198. The molecule has 0 bridgehead atoms. The van der Waals surface area contributed by atoms with Gasteiger partial charge >= 0.3 is 0 Å². The van der Waals surface area contributed by atoms with Crippen molar-refractivity contribution in [2.24, 2.45) is 0 Å². The Morgan fingerprint density at radius 3 is 2.08 bits per heavy atom. The van der Waals surface area contributed by atoms with Gasteiger partial charge in [-0.3, -0.25) is 14.6 Å². The molecular weight excluding hydrogens is 366 g/mol. The fourth-order valence-corrected chi connectivity index (χ4v) is 3.81. The van der Waals surface area contributed by atoms with Crippen molar-refractivity contribution in [3.05, 3.63) is 74.4 Å². The minimum Gasteiger partial charge on any atom is -0.352 e. The molecule has 0 aliphatic carbocycles. The SMILES string of the molecule is O=C(NCCc1cccs1)c1ccnc(C(=O)NCCc2cccs2)c1. The lowest BCUT2D eigenvalue weighted by Crippen LogP contribution is -2.28. The highest BCUT2D eigenvalue weighted by molar-refractivity contribution is 7.10. The van der Waals surface area contributed by atoms with Gasteiger partial charge in [0, 0.05) is 34.6 Å². The van der Waals surface area contributed by atoms with E-state index in [-0.39, 0.29) is 17.5 Å². The van der Waals surface area contributed by atoms with Gasteiger partial charge in [0.2, 0.25) is 0 Å². The summed E-state index contributed by atoms with van der Waals surface area (Å²) >= 11 is 3.33. The van der Waals surface area contributed by atoms with E-state index in [0.29, 0.717) is 18.7 Å². The molecule has 3 aromatic heterocycles. The summed E-state index contributed by atoms with van der Waals surface area (Å²) in [5, 5.41) is 9.75. The molecule has 26 heavy (non-hydrogen) atoms. The quantitative estimate of drug-likeness (QED) is 0.626. The number of carbonyl (C=O) groups is 2. The van der Waals surface area contributed by atoms with E-state index in [0.717, 1.165) is 12.8 Å². The van der Waals surface area contributed by atoms with Gasteiger partial charge in [0.05, 0.1) is 0 Å². The summed E-state index contributed by atoms with van der Waals surface area (Å²) in [7, 11) is 0. The average molecular weight is 386 g/mol. The number of aromatic nitrogens is 1. The van der Waals surface area contributed by atoms with Crippen LogP contribution >= 0.6 is 22.7 Å². The van der Waals surface area contributed by atoms with E-state index in [4.69, 9.17) is 0 Å². The molecule has 3 aromatic rings. The summed E-state index contributed by atoms with van der Waals surface area (Å²) in [5.41, 5.74) is 0.691. The second-order valence-corrected chi connectivity index (χ2v) is 7.66. The zero-order chi connectivity index (χ0) is 18.2. The predicted molar refractivity (Wildman–Crippen MR) is 105 cm³/mol. The summed E-state index contributed by atoms with van der Waals surface area (Å²) in [6, 6.07) is 11.2. The monoisotopic (exact) mass is 385 g/mol. The lowest BCUT2D eigenvalue weighted by atomic mass is 10.2. The van der Waals surface area contributed by atoms with Crippen LogP contribution in [0.15, 0.2) is 53.4 Å². The molecule has 0 radical (unpaired) electrons. The Morgan fingerprint density at radius 1 is 0.885 bits per heavy atom. The number of hydrogen-bond donors (Lipinski definition) is 2. The third-order valence-electron chi connectivity index (χ3n) is 3.73. The van der Waals surface area contributed by atoms with Crippen LogP contribution in [0, 0.1) is 0 Å². The third-order valence-corrected chi connectivity index (χ3v) is 5.60. The van der Waals surface area contributed by atoms with Gasteiger partial charge in [0.25, 0.3) is 11.8 Å². The maximum Gasteiger partial charge on any atom is 0.269 e. The predicted octanol–water partition coefficient (Wildman–Crippen LogP) is 3.15. The molecule has 0 saturated heterocycles. The Hall–Kier alpha value is -2.51. The molecular formula is C19H19N3O2S2. The number of amides is 2. The van der Waals surface area contributed by atoms with Gasteiger partial charge in [-0.15, -0.1) is 22.7 Å². The largest absolute Gasteiger partial charge is 0.352 e. The summed E-state index contributed by atoms with van der Waals surface area (Å²) in [5.74, 6) is -0.466. The number of pyridine rings is 1. The molecule has 0 fully saturated rings. The third kappa shape index (κ3) is 5.24. The Morgan fingerprint density at radius 2 is 1.50 bits per heavy atom. The van der Waals surface area contributed by atoms with Crippen molar-refractivity contribution < 1.29 is 9.59 Å². The molecule has 0 atom stereocenters. The van der Waals surface area contributed by atoms with Gasteiger partial charge in [0.15, 0.2) is 0 Å². The van der Waals surface area contributed by atoms with Gasteiger partial charge < -0.3 is 10.6 Å². The van der Waals surface area contributed by atoms with Crippen molar-refractivity contribution in [2.45, 2.75) is 12.8 Å². The Bertz CT molecular complexity index is 778. The zero-order valence-corrected chi connectivity index (χ0v) is 15.7. The normalized spacial score (nSPS) is 10.5. The average Bonchev–Trinajstić information content (AvgIpc) is 3.35. The first-order valence-corrected chi connectivity index (χ1v) is 10.1. The number of nitrogens with one attached hydrogen (secondary N) is 2. The van der Waals surface area contributed by atoms with E-state index in [2.05, 4.69) is 15.6 Å². The molecule has 2 amide bonds. The van der Waals surface area contributed by atoms with Crippen LogP contribution in [0.4, 0.5) is 0 Å². The number of carbonyl (C=O) groups excluding carboxylic acids is 2. The maximum absolute atomic E-state index is 12.3. The van der Waals surface area contributed by atoms with Crippen LogP contribution in [0.3, 0.4) is 0 Å². The van der Waals surface area contributed by atoms with Crippen molar-refractivity contribution in [1.29, 1.82) is 0 Å². The Labute approximate surface area is 160 Å². The molecule has 5 nitrogen and oxygen atoms in total. The van der Waals surface area contributed by atoms with Crippen LogP contribution < -0.4 is 10.6 Å². The number of thiophene rings is 2. The summed E-state index contributed by atoms with van der Waals surface area (Å²) in [6.07, 6.45) is 3.07. The molecule has 0 spiro atoms. The topological polar surface area (TPSA) is 71.1 Å². The van der Waals surface area contributed by atoms with Gasteiger partial charge in [-0.25, -0.2) is 0 Å². The van der Waals surface area contributed by atoms with Gasteiger partial charge in [-0.05, 0) is 47.9 Å². The highest BCUT2D eigenvalue weighted by atomic mass is 32.1. The molecule has 3 rings (SSSR count). The Balaban J connectivity index is 1.49. The van der Waals surface area contributed by atoms with E-state index in [1.54, 1.807) is 28.7 Å². The fourth-order valence-electron chi connectivity index (χ4n) is 2.40. The summed E-state index contributed by atoms with van der Waals surface area (Å²) < 4.78 is 0. The highest BCUT2D eigenvalue weighted by Gasteiger charge is 2.11. The molecule has 0 aliphatic rings. The van der Waals surface area contributed by atoms with Crippen LogP contribution in [0.25, 0.3) is 0 Å². The smallest absolute Gasteiger partial charge is 0.269 e. The minimum atomic E-state index is -0.269. The second-order valence-electron chi connectivity index (χ2n) is 5.60. The number of nitrogens with zero attached hydrogens (tertiary/aromatic N) is 1. The van der Waals surface area contributed by atoms with Crippen LogP contribution in [0.1, 0.15) is 30.6 Å². The van der Waals surface area contributed by atoms with Crippen molar-refractivity contribution in [2.75, 3.05) is 13.1 Å². The first kappa shape index (κ1) is 18.3. The lowest BCUT2D eigenvalue weighted by molar-refractivity contribution is 0.0949. The lowest BCUT2D eigenvalue weighted by Gasteiger charge is -2.07. The van der Waals surface area contributed by atoms with Crippen molar-refractivity contribution in [1.82, 2.24) is 15.6 Å². The summed E-state index contributed by atoms with van der Waals surface area (Å²) in [4.78, 5) is 31.0. The molecule has 7 heteroatoms. The van der Waals surface area contributed by atoms with Crippen LogP contribution in [-0.4, -0.2) is 29.9 Å². The molecule has 0 aromatic carbocycles. The van der Waals surface area contributed by atoms with Crippen molar-refractivity contribution in [3.63, 3.8) is 0 Å². The second kappa shape index (κ2) is 9.26. The molecule has 134 valence electrons.